The summed E-state index contributed by atoms with van der Waals surface area (Å²) in [6.45, 7) is 0. The van der Waals surface area contributed by atoms with Crippen molar-refractivity contribution in [3.05, 3.63) is 30.2 Å². The lowest BCUT2D eigenvalue weighted by atomic mass is 10.0. The van der Waals surface area contributed by atoms with E-state index in [1.54, 1.807) is 6.20 Å². The summed E-state index contributed by atoms with van der Waals surface area (Å²) in [6.07, 6.45) is 10.6. The highest BCUT2D eigenvalue weighted by atomic mass is 32.2. The van der Waals surface area contributed by atoms with Gasteiger partial charge in [-0.3, -0.25) is 9.89 Å². The molecular formula is C20H19FN4OS3. The van der Waals surface area contributed by atoms with Gasteiger partial charge < -0.3 is 5.32 Å². The molecule has 9 heteroatoms. The Morgan fingerprint density at radius 1 is 1.21 bits per heavy atom. The van der Waals surface area contributed by atoms with Gasteiger partial charge in [-0.25, -0.2) is 9.37 Å². The molecule has 1 aliphatic rings. The first kappa shape index (κ1) is 20.2. The van der Waals surface area contributed by atoms with Crippen LogP contribution in [0.2, 0.25) is 0 Å². The van der Waals surface area contributed by atoms with Gasteiger partial charge in [0.1, 0.15) is 0 Å². The van der Waals surface area contributed by atoms with Gasteiger partial charge in [0.05, 0.1) is 31.7 Å². The molecule has 5 nitrogen and oxygen atoms in total. The standard InChI is InChI=1S/C17H13FN4OS3.C3H6/c1-24-15-12(9-6-20-22-14(9)16(25-2)13(15)18)8-3-4-10-11(5-8)26-17(21-10)19-7-23;1-2-3-1/h3-7H,1-2H3,(H,20,22)(H,19,21,23);1-3H2. The number of benzene rings is 2. The van der Waals surface area contributed by atoms with Gasteiger partial charge in [0, 0.05) is 10.9 Å². The van der Waals surface area contributed by atoms with Gasteiger partial charge in [0.15, 0.2) is 10.9 Å². The first-order valence-electron chi connectivity index (χ1n) is 9.05. The van der Waals surface area contributed by atoms with Gasteiger partial charge in [-0.1, -0.05) is 36.7 Å². The number of hydrogen-bond acceptors (Lipinski definition) is 6. The lowest BCUT2D eigenvalue weighted by Gasteiger charge is -2.13. The highest BCUT2D eigenvalue weighted by molar-refractivity contribution is 7.99. The zero-order valence-corrected chi connectivity index (χ0v) is 18.4. The fourth-order valence-corrected chi connectivity index (χ4v) is 5.24. The lowest BCUT2D eigenvalue weighted by Crippen LogP contribution is -1.93. The number of aromatic nitrogens is 3. The molecule has 0 spiro atoms. The third-order valence-electron chi connectivity index (χ3n) is 4.38. The Labute approximate surface area is 179 Å². The second-order valence-electron chi connectivity index (χ2n) is 6.44. The van der Waals surface area contributed by atoms with E-state index in [1.807, 2.05) is 30.7 Å². The summed E-state index contributed by atoms with van der Waals surface area (Å²) in [4.78, 5) is 16.2. The van der Waals surface area contributed by atoms with Crippen molar-refractivity contribution in [3.8, 4) is 11.1 Å². The maximum absolute atomic E-state index is 15.1. The molecule has 1 aliphatic carbocycles. The second-order valence-corrected chi connectivity index (χ2v) is 9.10. The monoisotopic (exact) mass is 446 g/mol. The van der Waals surface area contributed by atoms with E-state index >= 15 is 4.39 Å². The molecule has 2 aromatic carbocycles. The number of carbonyl (C=O) groups is 1. The number of thiazole rings is 1. The molecule has 4 aromatic rings. The molecule has 1 saturated carbocycles. The SMILES string of the molecule is C1CC1.CSc1c(F)c(SC)c2[nH]ncc2c1-c1ccc2nc(NC=O)sc2c1. The van der Waals surface area contributed by atoms with Gasteiger partial charge in [-0.15, -0.1) is 23.5 Å². The van der Waals surface area contributed by atoms with Gasteiger partial charge in [0.2, 0.25) is 6.41 Å². The average molecular weight is 447 g/mol. The number of nitrogens with one attached hydrogen (secondary N) is 2. The topological polar surface area (TPSA) is 70.7 Å². The van der Waals surface area contributed by atoms with Crippen LogP contribution in [0.3, 0.4) is 0 Å². The predicted molar refractivity (Wildman–Crippen MR) is 122 cm³/mol. The third kappa shape index (κ3) is 3.99. The van der Waals surface area contributed by atoms with Crippen LogP contribution in [0.25, 0.3) is 32.2 Å². The van der Waals surface area contributed by atoms with Crippen LogP contribution in [0.4, 0.5) is 9.52 Å². The zero-order valence-electron chi connectivity index (χ0n) is 15.9. The maximum Gasteiger partial charge on any atom is 0.213 e. The van der Waals surface area contributed by atoms with Crippen molar-refractivity contribution >= 4 is 67.5 Å². The van der Waals surface area contributed by atoms with Crippen molar-refractivity contribution in [1.29, 1.82) is 0 Å². The minimum atomic E-state index is -0.232. The number of fused-ring (bicyclic) bond motifs is 2. The molecular weight excluding hydrogens is 427 g/mol. The van der Waals surface area contributed by atoms with Crippen LogP contribution in [0.15, 0.2) is 34.2 Å². The van der Waals surface area contributed by atoms with E-state index in [0.29, 0.717) is 26.8 Å². The van der Waals surface area contributed by atoms with Crippen molar-refractivity contribution in [1.82, 2.24) is 15.2 Å². The van der Waals surface area contributed by atoms with Crippen molar-refractivity contribution in [2.75, 3.05) is 17.8 Å². The first-order chi connectivity index (χ1) is 14.2. The Kier molecular flexibility index (Phi) is 6.07. The summed E-state index contributed by atoms with van der Waals surface area (Å²) in [5.74, 6) is -0.232. The molecule has 5 rings (SSSR count). The molecule has 2 aromatic heterocycles. The van der Waals surface area contributed by atoms with Gasteiger partial charge in [-0.2, -0.15) is 5.10 Å². The molecule has 0 bridgehead atoms. The number of carbonyl (C=O) groups excluding carboxylic acids is 1. The van der Waals surface area contributed by atoms with Crippen LogP contribution in [-0.4, -0.2) is 34.1 Å². The van der Waals surface area contributed by atoms with Gasteiger partial charge in [-0.05, 0) is 30.2 Å². The second kappa shape index (κ2) is 8.73. The van der Waals surface area contributed by atoms with E-state index in [9.17, 15) is 4.79 Å². The van der Waals surface area contributed by atoms with Gasteiger partial charge in [0.25, 0.3) is 0 Å². The number of aromatic amines is 1. The fraction of sp³-hybridized carbons (Fsp3) is 0.250. The van der Waals surface area contributed by atoms with E-state index in [4.69, 9.17) is 0 Å². The van der Waals surface area contributed by atoms with E-state index < -0.39 is 0 Å². The van der Waals surface area contributed by atoms with E-state index in [0.717, 1.165) is 26.7 Å². The summed E-state index contributed by atoms with van der Waals surface area (Å²) >= 11 is 4.13. The van der Waals surface area contributed by atoms with Crippen LogP contribution in [0.1, 0.15) is 19.3 Å². The Balaban J connectivity index is 0.000000626. The molecule has 0 saturated heterocycles. The summed E-state index contributed by atoms with van der Waals surface area (Å²) in [5, 5.41) is 11.0. The highest BCUT2D eigenvalue weighted by Crippen LogP contribution is 2.44. The molecule has 2 N–H and O–H groups in total. The molecule has 29 heavy (non-hydrogen) atoms. The lowest BCUT2D eigenvalue weighted by molar-refractivity contribution is -0.105. The van der Waals surface area contributed by atoms with Crippen LogP contribution < -0.4 is 5.32 Å². The molecule has 1 fully saturated rings. The van der Waals surface area contributed by atoms with Crippen molar-refractivity contribution in [3.63, 3.8) is 0 Å². The smallest absolute Gasteiger partial charge is 0.213 e. The number of rotatable bonds is 5. The molecule has 0 radical (unpaired) electrons. The first-order valence-corrected chi connectivity index (χ1v) is 12.3. The molecule has 150 valence electrons. The van der Waals surface area contributed by atoms with Crippen molar-refractivity contribution in [2.45, 2.75) is 29.1 Å². The largest absolute Gasteiger partial charge is 0.305 e. The Hall–Kier alpha value is -2.10. The molecule has 2 heterocycles. The minimum Gasteiger partial charge on any atom is -0.305 e. The Morgan fingerprint density at radius 3 is 2.62 bits per heavy atom. The summed E-state index contributed by atoms with van der Waals surface area (Å²) in [5.41, 5.74) is 3.20. The number of thioether (sulfide) groups is 2. The van der Waals surface area contributed by atoms with Crippen molar-refractivity contribution < 1.29 is 9.18 Å². The van der Waals surface area contributed by atoms with E-state index in [1.165, 1.54) is 54.1 Å². The molecule has 0 unspecified atom stereocenters. The number of H-pyrrole nitrogens is 1. The molecule has 0 aliphatic heterocycles. The highest BCUT2D eigenvalue weighted by Gasteiger charge is 2.21. The van der Waals surface area contributed by atoms with Crippen LogP contribution in [0, 0.1) is 5.82 Å². The quantitative estimate of drug-likeness (QED) is 0.284. The number of hydrogen-bond donors (Lipinski definition) is 2. The summed E-state index contributed by atoms with van der Waals surface area (Å²) < 4.78 is 16.0. The zero-order chi connectivity index (χ0) is 20.4. The van der Waals surface area contributed by atoms with Crippen LogP contribution >= 0.6 is 34.9 Å². The normalized spacial score (nSPS) is 12.7. The number of amides is 1. The molecule has 0 atom stereocenters. The summed E-state index contributed by atoms with van der Waals surface area (Å²) in [6, 6.07) is 5.78. The Morgan fingerprint density at radius 2 is 1.97 bits per heavy atom. The fourth-order valence-electron chi connectivity index (χ4n) is 2.96. The number of halogens is 1. The number of nitrogens with zero attached hydrogens (tertiary/aromatic N) is 2. The minimum absolute atomic E-state index is 0.232. The predicted octanol–water partition coefficient (Wildman–Crippen LogP) is 6.16. The van der Waals surface area contributed by atoms with Crippen LogP contribution in [0.5, 0.6) is 0 Å². The average Bonchev–Trinajstić information content (AvgIpc) is 3.44. The van der Waals surface area contributed by atoms with Crippen LogP contribution in [-0.2, 0) is 4.79 Å². The van der Waals surface area contributed by atoms with Gasteiger partial charge >= 0.3 is 0 Å². The maximum atomic E-state index is 15.1. The summed E-state index contributed by atoms with van der Waals surface area (Å²) in [7, 11) is 0. The van der Waals surface area contributed by atoms with E-state index in [-0.39, 0.29) is 5.82 Å². The molecule has 1 amide bonds. The Bertz CT molecular complexity index is 1180. The van der Waals surface area contributed by atoms with Crippen molar-refractivity contribution in [2.24, 2.45) is 0 Å². The van der Waals surface area contributed by atoms with E-state index in [2.05, 4.69) is 20.5 Å². The third-order valence-corrected chi connectivity index (χ3v) is 6.92. The number of anilines is 1.